The van der Waals surface area contributed by atoms with E-state index < -0.39 is 12.3 Å². The number of alkyl halides is 1. The summed E-state index contributed by atoms with van der Waals surface area (Å²) in [6.45, 7) is 0. The molecular formula is C10H8F2N2. The van der Waals surface area contributed by atoms with Gasteiger partial charge in [-0.25, -0.2) is 9.38 Å². The Morgan fingerprint density at radius 3 is 2.86 bits per heavy atom. The summed E-state index contributed by atoms with van der Waals surface area (Å²) in [5.74, 6) is -0.776. The van der Waals surface area contributed by atoms with Gasteiger partial charge in [0, 0.05) is 12.6 Å². The van der Waals surface area contributed by atoms with Crippen LogP contribution in [0.5, 0.6) is 0 Å². The number of aromatic nitrogens is 1. The summed E-state index contributed by atoms with van der Waals surface area (Å²) in [4.78, 5) is 7.18. The molecule has 0 bridgehead atoms. The first-order chi connectivity index (χ1) is 6.77. The first-order valence-electron chi connectivity index (χ1n) is 4.26. The standard InChI is InChI=1S/C10H8F2N2/c11-9-5-4-7(10(12)14-9)8-3-1-2-6-13-8/h1-4,6,9H,5H2. The van der Waals surface area contributed by atoms with Gasteiger partial charge in [-0.1, -0.05) is 12.1 Å². The van der Waals surface area contributed by atoms with Crippen molar-refractivity contribution in [1.82, 2.24) is 4.98 Å². The molecule has 0 spiro atoms. The van der Waals surface area contributed by atoms with E-state index in [-0.39, 0.29) is 12.0 Å². The van der Waals surface area contributed by atoms with Gasteiger partial charge in [0.05, 0.1) is 11.3 Å². The van der Waals surface area contributed by atoms with Crippen molar-refractivity contribution < 1.29 is 8.78 Å². The first-order valence-corrected chi connectivity index (χ1v) is 4.26. The summed E-state index contributed by atoms with van der Waals surface area (Å²) < 4.78 is 25.8. The molecule has 0 saturated heterocycles. The fourth-order valence-corrected chi connectivity index (χ4v) is 1.28. The second-order valence-corrected chi connectivity index (χ2v) is 2.92. The van der Waals surface area contributed by atoms with Gasteiger partial charge in [0.2, 0.25) is 5.97 Å². The van der Waals surface area contributed by atoms with Crippen molar-refractivity contribution >= 4 is 11.5 Å². The van der Waals surface area contributed by atoms with Gasteiger partial charge in [0.1, 0.15) is 0 Å². The molecule has 0 N–H and O–H groups in total. The summed E-state index contributed by atoms with van der Waals surface area (Å²) in [6.07, 6.45) is 1.70. The van der Waals surface area contributed by atoms with Gasteiger partial charge in [-0.15, -0.1) is 0 Å². The number of nitrogens with zero attached hydrogens (tertiary/aromatic N) is 2. The van der Waals surface area contributed by atoms with Crippen LogP contribution in [0.15, 0.2) is 35.5 Å². The first kappa shape index (κ1) is 8.99. The highest BCUT2D eigenvalue weighted by atomic mass is 19.1. The monoisotopic (exact) mass is 194 g/mol. The van der Waals surface area contributed by atoms with E-state index in [4.69, 9.17) is 0 Å². The molecule has 1 aromatic heterocycles. The van der Waals surface area contributed by atoms with Gasteiger partial charge in [0.25, 0.3) is 0 Å². The molecule has 1 atom stereocenters. The third kappa shape index (κ3) is 1.69. The molecule has 0 amide bonds. The Kier molecular flexibility index (Phi) is 2.35. The van der Waals surface area contributed by atoms with Crippen molar-refractivity contribution in [2.24, 2.45) is 4.99 Å². The average molecular weight is 194 g/mol. The molecule has 0 radical (unpaired) electrons. The minimum Gasteiger partial charge on any atom is -0.256 e. The average Bonchev–Trinajstić information content (AvgIpc) is 2.19. The molecule has 0 aromatic carbocycles. The third-order valence-corrected chi connectivity index (χ3v) is 1.93. The van der Waals surface area contributed by atoms with Crippen LogP contribution in [0.1, 0.15) is 12.1 Å². The predicted octanol–water partition coefficient (Wildman–Crippen LogP) is 2.53. The molecular weight excluding hydrogens is 186 g/mol. The Morgan fingerprint density at radius 2 is 2.21 bits per heavy atom. The number of hydrogen-bond donors (Lipinski definition) is 0. The molecule has 1 aliphatic heterocycles. The summed E-state index contributed by atoms with van der Waals surface area (Å²) in [6, 6.07) is 5.15. The molecule has 14 heavy (non-hydrogen) atoms. The number of halogens is 2. The van der Waals surface area contributed by atoms with Crippen molar-refractivity contribution in [3.63, 3.8) is 0 Å². The lowest BCUT2D eigenvalue weighted by molar-refractivity contribution is 0.345. The number of aliphatic imine (C=N–C) groups is 1. The molecule has 1 unspecified atom stereocenters. The lowest BCUT2D eigenvalue weighted by atomic mass is 10.1. The fraction of sp³-hybridized carbons (Fsp3) is 0.200. The maximum atomic E-state index is 13.2. The Bertz CT molecular complexity index is 384. The maximum absolute atomic E-state index is 13.2. The number of dihydropyridines is 1. The van der Waals surface area contributed by atoms with Crippen LogP contribution < -0.4 is 0 Å². The van der Waals surface area contributed by atoms with Gasteiger partial charge >= 0.3 is 0 Å². The number of pyridine rings is 1. The third-order valence-electron chi connectivity index (χ3n) is 1.93. The quantitative estimate of drug-likeness (QED) is 0.630. The van der Waals surface area contributed by atoms with Crippen molar-refractivity contribution in [3.05, 3.63) is 36.2 Å². The van der Waals surface area contributed by atoms with E-state index in [2.05, 4.69) is 9.98 Å². The van der Waals surface area contributed by atoms with E-state index in [9.17, 15) is 8.78 Å². The molecule has 1 aliphatic rings. The Balaban J connectivity index is 2.34. The topological polar surface area (TPSA) is 25.2 Å². The summed E-state index contributed by atoms with van der Waals surface area (Å²) in [5, 5.41) is 0. The summed E-state index contributed by atoms with van der Waals surface area (Å²) in [5.41, 5.74) is 0.764. The van der Waals surface area contributed by atoms with Crippen LogP contribution in [0.2, 0.25) is 0 Å². The van der Waals surface area contributed by atoms with Crippen LogP contribution in [-0.4, -0.2) is 17.2 Å². The van der Waals surface area contributed by atoms with Crippen LogP contribution in [0.25, 0.3) is 5.57 Å². The van der Waals surface area contributed by atoms with Gasteiger partial charge in [-0.05, 0) is 12.1 Å². The van der Waals surface area contributed by atoms with E-state index in [0.717, 1.165) is 0 Å². The van der Waals surface area contributed by atoms with Crippen molar-refractivity contribution in [2.45, 2.75) is 12.7 Å². The van der Waals surface area contributed by atoms with Gasteiger partial charge < -0.3 is 0 Å². The van der Waals surface area contributed by atoms with Gasteiger partial charge in [-0.2, -0.15) is 4.39 Å². The number of allylic oxidation sites excluding steroid dienone is 1. The lowest BCUT2D eigenvalue weighted by Crippen LogP contribution is -2.08. The smallest absolute Gasteiger partial charge is 0.220 e. The molecule has 0 saturated carbocycles. The second-order valence-electron chi connectivity index (χ2n) is 2.92. The fourth-order valence-electron chi connectivity index (χ4n) is 1.28. The summed E-state index contributed by atoms with van der Waals surface area (Å²) in [7, 11) is 0. The molecule has 72 valence electrons. The maximum Gasteiger partial charge on any atom is 0.220 e. The zero-order valence-corrected chi connectivity index (χ0v) is 7.32. The van der Waals surface area contributed by atoms with E-state index in [1.165, 1.54) is 6.08 Å². The Hall–Kier alpha value is -1.58. The number of rotatable bonds is 1. The van der Waals surface area contributed by atoms with Crippen LogP contribution in [-0.2, 0) is 0 Å². The van der Waals surface area contributed by atoms with Crippen molar-refractivity contribution in [3.8, 4) is 0 Å². The van der Waals surface area contributed by atoms with E-state index in [0.29, 0.717) is 5.69 Å². The van der Waals surface area contributed by atoms with Crippen LogP contribution in [0.4, 0.5) is 8.78 Å². The highest BCUT2D eigenvalue weighted by Crippen LogP contribution is 2.22. The summed E-state index contributed by atoms with van der Waals surface area (Å²) >= 11 is 0. The minimum absolute atomic E-state index is 0.110. The molecule has 4 heteroatoms. The van der Waals surface area contributed by atoms with Crippen molar-refractivity contribution in [1.29, 1.82) is 0 Å². The van der Waals surface area contributed by atoms with Crippen LogP contribution in [0.3, 0.4) is 0 Å². The van der Waals surface area contributed by atoms with E-state index >= 15 is 0 Å². The highest BCUT2D eigenvalue weighted by Gasteiger charge is 2.18. The molecule has 0 aliphatic carbocycles. The normalized spacial score (nSPS) is 21.4. The Labute approximate surface area is 80.0 Å². The minimum atomic E-state index is -1.46. The zero-order valence-electron chi connectivity index (χ0n) is 7.32. The molecule has 0 fully saturated rings. The van der Waals surface area contributed by atoms with Gasteiger partial charge in [-0.3, -0.25) is 4.98 Å². The largest absolute Gasteiger partial charge is 0.256 e. The van der Waals surface area contributed by atoms with Gasteiger partial charge in [0.15, 0.2) is 6.30 Å². The Morgan fingerprint density at radius 1 is 1.36 bits per heavy atom. The predicted molar refractivity (Wildman–Crippen MR) is 50.3 cm³/mol. The zero-order chi connectivity index (χ0) is 9.97. The molecule has 2 rings (SSSR count). The highest BCUT2D eigenvalue weighted by molar-refractivity contribution is 6.18. The number of hydrogen-bond acceptors (Lipinski definition) is 2. The molecule has 2 nitrogen and oxygen atoms in total. The van der Waals surface area contributed by atoms with Crippen LogP contribution in [0, 0.1) is 0 Å². The molecule has 1 aromatic rings. The van der Waals surface area contributed by atoms with E-state index in [1.807, 2.05) is 0 Å². The SMILES string of the molecule is FC1=NC(F)CC=C1c1ccccn1. The van der Waals surface area contributed by atoms with Crippen molar-refractivity contribution in [2.75, 3.05) is 0 Å². The van der Waals surface area contributed by atoms with E-state index in [1.54, 1.807) is 24.4 Å². The lowest BCUT2D eigenvalue weighted by Gasteiger charge is -2.10. The second kappa shape index (κ2) is 3.65. The molecule has 2 heterocycles. The van der Waals surface area contributed by atoms with Crippen LogP contribution >= 0.6 is 0 Å².